The molecule has 0 spiro atoms. The van der Waals surface area contributed by atoms with Gasteiger partial charge in [-0.3, -0.25) is 4.99 Å². The highest BCUT2D eigenvalue weighted by atomic mass is 32.2. The second-order valence-corrected chi connectivity index (χ2v) is 9.67. The number of guanidine groups is 1. The van der Waals surface area contributed by atoms with Crippen LogP contribution in [0.3, 0.4) is 0 Å². The van der Waals surface area contributed by atoms with Crippen molar-refractivity contribution in [1.29, 1.82) is 0 Å². The Balaban J connectivity index is 1.82. The monoisotopic (exact) mass is 395 g/mol. The molecule has 1 fully saturated rings. The van der Waals surface area contributed by atoms with E-state index in [4.69, 9.17) is 4.74 Å². The third-order valence-electron chi connectivity index (χ3n) is 4.74. The molecule has 7 heteroatoms. The van der Waals surface area contributed by atoms with Crippen LogP contribution in [0.15, 0.2) is 29.3 Å². The van der Waals surface area contributed by atoms with E-state index in [0.717, 1.165) is 24.2 Å². The summed E-state index contributed by atoms with van der Waals surface area (Å²) in [4.78, 5) is 4.22. The number of nitrogens with one attached hydrogen (secondary N) is 2. The summed E-state index contributed by atoms with van der Waals surface area (Å²) in [5, 5.41) is 6.51. The van der Waals surface area contributed by atoms with E-state index in [1.165, 1.54) is 25.5 Å². The molecule has 0 radical (unpaired) electrons. The maximum Gasteiger partial charge on any atom is 0.191 e. The first-order chi connectivity index (χ1) is 12.9. The second kappa shape index (κ2) is 10.5. The molecule has 1 unspecified atom stereocenters. The lowest BCUT2D eigenvalue weighted by molar-refractivity contribution is 0.155. The van der Waals surface area contributed by atoms with E-state index < -0.39 is 9.84 Å². The van der Waals surface area contributed by atoms with Crippen LogP contribution in [0.5, 0.6) is 5.75 Å². The zero-order valence-corrected chi connectivity index (χ0v) is 17.5. The van der Waals surface area contributed by atoms with E-state index >= 15 is 0 Å². The van der Waals surface area contributed by atoms with Gasteiger partial charge in [-0.25, -0.2) is 8.42 Å². The summed E-state index contributed by atoms with van der Waals surface area (Å²) in [5.41, 5.74) is 1.12. The van der Waals surface area contributed by atoms with Gasteiger partial charge < -0.3 is 15.4 Å². The molecular formula is C20H33N3O3S. The Hall–Kier alpha value is -1.76. The molecule has 1 aliphatic carbocycles. The second-order valence-electron chi connectivity index (χ2n) is 7.41. The minimum Gasteiger partial charge on any atom is -0.490 e. The molecule has 1 aromatic carbocycles. The maximum atomic E-state index is 11.3. The number of hydrogen-bond acceptors (Lipinski definition) is 4. The highest BCUT2D eigenvalue weighted by molar-refractivity contribution is 7.90. The third kappa shape index (κ3) is 8.65. The van der Waals surface area contributed by atoms with Crippen molar-refractivity contribution in [2.45, 2.75) is 64.1 Å². The van der Waals surface area contributed by atoms with E-state index in [1.54, 1.807) is 7.05 Å². The van der Waals surface area contributed by atoms with Gasteiger partial charge in [0.25, 0.3) is 0 Å². The van der Waals surface area contributed by atoms with E-state index in [9.17, 15) is 8.42 Å². The topological polar surface area (TPSA) is 79.8 Å². The van der Waals surface area contributed by atoms with E-state index in [-0.39, 0.29) is 11.8 Å². The minimum atomic E-state index is -2.95. The fourth-order valence-electron chi connectivity index (χ4n) is 3.18. The number of sulfone groups is 1. The standard InChI is InChI=1S/C20H33N3O3S/c1-16(12-13-27(3,24)25)23-20(21-2)22-15-17-8-7-11-19(14-17)26-18-9-5-4-6-10-18/h7-8,11,14,16,18H,4-6,9-10,12-13,15H2,1-3H3,(H2,21,22,23). The summed E-state index contributed by atoms with van der Waals surface area (Å²) < 4.78 is 28.7. The number of hydrogen-bond donors (Lipinski definition) is 2. The first-order valence-corrected chi connectivity index (χ1v) is 11.8. The summed E-state index contributed by atoms with van der Waals surface area (Å²) in [7, 11) is -1.24. The molecule has 0 amide bonds. The van der Waals surface area contributed by atoms with E-state index in [2.05, 4.69) is 27.8 Å². The van der Waals surface area contributed by atoms with Gasteiger partial charge in [0.15, 0.2) is 5.96 Å². The Morgan fingerprint density at radius 2 is 2.04 bits per heavy atom. The molecule has 1 atom stereocenters. The van der Waals surface area contributed by atoms with Crippen LogP contribution in [0.25, 0.3) is 0 Å². The third-order valence-corrected chi connectivity index (χ3v) is 5.72. The number of ether oxygens (including phenoxy) is 1. The summed E-state index contributed by atoms with van der Waals surface area (Å²) >= 11 is 0. The van der Waals surface area contributed by atoms with Crippen molar-refractivity contribution in [2.24, 2.45) is 4.99 Å². The maximum absolute atomic E-state index is 11.3. The molecule has 27 heavy (non-hydrogen) atoms. The molecule has 1 aliphatic rings. The van der Waals surface area contributed by atoms with Gasteiger partial charge in [-0.2, -0.15) is 0 Å². The number of nitrogens with zero attached hydrogens (tertiary/aromatic N) is 1. The number of aliphatic imine (C=N–C) groups is 1. The largest absolute Gasteiger partial charge is 0.490 e. The van der Waals surface area contributed by atoms with Crippen molar-refractivity contribution >= 4 is 15.8 Å². The van der Waals surface area contributed by atoms with Crippen LogP contribution in [0.1, 0.15) is 51.0 Å². The zero-order valence-electron chi connectivity index (χ0n) is 16.7. The van der Waals surface area contributed by atoms with Crippen LogP contribution in [-0.4, -0.2) is 45.6 Å². The van der Waals surface area contributed by atoms with Crippen molar-refractivity contribution in [3.63, 3.8) is 0 Å². The lowest BCUT2D eigenvalue weighted by Crippen LogP contribution is -2.42. The van der Waals surface area contributed by atoms with Crippen molar-refractivity contribution in [2.75, 3.05) is 19.1 Å². The summed E-state index contributed by atoms with van der Waals surface area (Å²) in [6.45, 7) is 2.58. The first-order valence-electron chi connectivity index (χ1n) is 9.76. The van der Waals surface area contributed by atoms with Crippen molar-refractivity contribution in [3.05, 3.63) is 29.8 Å². The summed E-state index contributed by atoms with van der Waals surface area (Å²) in [6.07, 6.45) is 8.26. The molecule has 0 heterocycles. The van der Waals surface area contributed by atoms with E-state index in [0.29, 0.717) is 25.0 Å². The fraction of sp³-hybridized carbons (Fsp3) is 0.650. The molecule has 1 saturated carbocycles. The van der Waals surface area contributed by atoms with Gasteiger partial charge in [0.05, 0.1) is 11.9 Å². The van der Waals surface area contributed by atoms with Crippen LogP contribution < -0.4 is 15.4 Å². The van der Waals surface area contributed by atoms with Gasteiger partial charge in [-0.15, -0.1) is 0 Å². The quantitative estimate of drug-likeness (QED) is 0.523. The predicted molar refractivity (Wildman–Crippen MR) is 111 cm³/mol. The number of rotatable bonds is 8. The lowest BCUT2D eigenvalue weighted by Gasteiger charge is -2.23. The normalized spacial score (nSPS) is 17.4. The van der Waals surface area contributed by atoms with Gasteiger partial charge in [0.1, 0.15) is 15.6 Å². The zero-order chi connectivity index (χ0) is 19.7. The van der Waals surface area contributed by atoms with Crippen LogP contribution in [0.4, 0.5) is 0 Å². The molecular weight excluding hydrogens is 362 g/mol. The van der Waals surface area contributed by atoms with Gasteiger partial charge in [0, 0.05) is 25.9 Å². The molecule has 0 aromatic heterocycles. The molecule has 0 bridgehead atoms. The van der Waals surface area contributed by atoms with Gasteiger partial charge in [-0.1, -0.05) is 18.6 Å². The van der Waals surface area contributed by atoms with Crippen LogP contribution in [-0.2, 0) is 16.4 Å². The molecule has 0 saturated heterocycles. The highest BCUT2D eigenvalue weighted by Gasteiger charge is 2.15. The Morgan fingerprint density at radius 1 is 1.30 bits per heavy atom. The highest BCUT2D eigenvalue weighted by Crippen LogP contribution is 2.23. The summed E-state index contributed by atoms with van der Waals surface area (Å²) in [6, 6.07) is 8.17. The molecule has 6 nitrogen and oxygen atoms in total. The average Bonchev–Trinajstić information content (AvgIpc) is 2.64. The Labute approximate surface area is 163 Å². The Morgan fingerprint density at radius 3 is 2.70 bits per heavy atom. The van der Waals surface area contributed by atoms with Crippen molar-refractivity contribution < 1.29 is 13.2 Å². The molecule has 152 valence electrons. The minimum absolute atomic E-state index is 0.0203. The van der Waals surface area contributed by atoms with Crippen LogP contribution in [0.2, 0.25) is 0 Å². The van der Waals surface area contributed by atoms with Crippen molar-refractivity contribution in [1.82, 2.24) is 10.6 Å². The lowest BCUT2D eigenvalue weighted by atomic mass is 9.98. The Kier molecular flexibility index (Phi) is 8.41. The van der Waals surface area contributed by atoms with Crippen LogP contribution >= 0.6 is 0 Å². The van der Waals surface area contributed by atoms with Crippen LogP contribution in [0, 0.1) is 0 Å². The smallest absolute Gasteiger partial charge is 0.191 e. The predicted octanol–water partition coefficient (Wildman–Crippen LogP) is 2.89. The van der Waals surface area contributed by atoms with Crippen molar-refractivity contribution in [3.8, 4) is 5.75 Å². The molecule has 0 aliphatic heterocycles. The van der Waals surface area contributed by atoms with E-state index in [1.807, 2.05) is 19.1 Å². The first kappa shape index (κ1) is 21.5. The molecule has 2 N–H and O–H groups in total. The fourth-order valence-corrected chi connectivity index (χ4v) is 3.96. The van der Waals surface area contributed by atoms with Gasteiger partial charge >= 0.3 is 0 Å². The average molecular weight is 396 g/mol. The van der Waals surface area contributed by atoms with Gasteiger partial charge in [-0.05, 0) is 56.7 Å². The molecule has 2 rings (SSSR count). The molecule has 1 aromatic rings. The van der Waals surface area contributed by atoms with Gasteiger partial charge in [0.2, 0.25) is 0 Å². The number of benzene rings is 1. The Bertz CT molecular complexity index is 713. The summed E-state index contributed by atoms with van der Waals surface area (Å²) in [5.74, 6) is 1.75. The SMILES string of the molecule is CN=C(NCc1cccc(OC2CCCCC2)c1)NC(C)CCS(C)(=O)=O.